The van der Waals surface area contributed by atoms with E-state index in [1.165, 1.54) is 19.3 Å². The summed E-state index contributed by atoms with van der Waals surface area (Å²) in [4.78, 5) is 17.3. The van der Waals surface area contributed by atoms with Crippen LogP contribution in [0.1, 0.15) is 69.4 Å². The highest BCUT2D eigenvalue weighted by Crippen LogP contribution is 2.63. The van der Waals surface area contributed by atoms with Crippen LogP contribution in [0.4, 0.5) is 5.69 Å². The quantitative estimate of drug-likeness (QED) is 0.443. The number of carbonyl (C=O) groups is 1. The van der Waals surface area contributed by atoms with Crippen molar-refractivity contribution in [3.63, 3.8) is 0 Å². The van der Waals surface area contributed by atoms with Crippen LogP contribution >= 0.6 is 0 Å². The van der Waals surface area contributed by atoms with Crippen molar-refractivity contribution in [3.05, 3.63) is 65.7 Å². The molecule has 8 rings (SSSR count). The fourth-order valence-electron chi connectivity index (χ4n) is 9.36. The lowest BCUT2D eigenvalue weighted by molar-refractivity contribution is -0.145. The van der Waals surface area contributed by atoms with Gasteiger partial charge in [0.15, 0.2) is 11.2 Å². The molecule has 0 N–H and O–H groups in total. The molecule has 4 bridgehead atoms. The van der Waals surface area contributed by atoms with Crippen molar-refractivity contribution in [1.82, 2.24) is 0 Å². The summed E-state index contributed by atoms with van der Waals surface area (Å²) in [6, 6.07) is 19.8. The maximum atomic E-state index is 15.2. The molecule has 2 heterocycles. The lowest BCUT2D eigenvalue weighted by atomic mass is 9.47. The molecule has 0 aromatic heterocycles. The van der Waals surface area contributed by atoms with Crippen molar-refractivity contribution in [2.45, 2.75) is 76.5 Å². The Balaban J connectivity index is 1.40. The zero-order valence-electron chi connectivity index (χ0n) is 22.7. The third kappa shape index (κ3) is 3.52. The van der Waals surface area contributed by atoms with E-state index in [0.29, 0.717) is 17.8 Å². The number of carbonyl (C=O) groups excluding carboxylic acids is 1. The molecule has 0 radical (unpaired) electrons. The first-order chi connectivity index (χ1) is 18.9. The zero-order valence-corrected chi connectivity index (χ0v) is 22.7. The second-order valence-electron chi connectivity index (χ2n) is 13.1. The lowest BCUT2D eigenvalue weighted by Gasteiger charge is -2.57. The molecule has 6 aliphatic rings. The van der Waals surface area contributed by atoms with Crippen molar-refractivity contribution in [2.24, 2.45) is 28.6 Å². The molecular weight excluding hydrogens is 482 g/mol. The normalized spacial score (nSPS) is 34.7. The molecule has 2 aromatic rings. The minimum atomic E-state index is -1.40. The van der Waals surface area contributed by atoms with Crippen molar-refractivity contribution >= 4 is 17.5 Å². The van der Waals surface area contributed by atoms with Crippen LogP contribution in [-0.2, 0) is 4.79 Å². The van der Waals surface area contributed by atoms with Gasteiger partial charge < -0.3 is 9.64 Å². The van der Waals surface area contributed by atoms with Crippen LogP contribution in [0.5, 0.6) is 5.75 Å². The lowest BCUT2D eigenvalue weighted by Crippen LogP contribution is -2.56. The van der Waals surface area contributed by atoms with Gasteiger partial charge in [-0.15, -0.1) is 0 Å². The number of Topliss-reactive ketones (excluding diaryl/α,β-unsaturated/α-hetero) is 1. The van der Waals surface area contributed by atoms with Gasteiger partial charge in [0, 0.05) is 17.0 Å². The van der Waals surface area contributed by atoms with Crippen LogP contribution in [0.2, 0.25) is 0 Å². The van der Waals surface area contributed by atoms with Crippen LogP contribution < -0.4 is 9.64 Å². The van der Waals surface area contributed by atoms with E-state index in [9.17, 15) is 10.5 Å². The molecule has 5 fully saturated rings. The number of fused-ring (bicyclic) bond motifs is 3. The smallest absolute Gasteiger partial charge is 0.176 e. The number of hydrogen-bond acceptors (Lipinski definition) is 5. The molecular formula is C34H35N3O2. The molecule has 198 valence electrons. The average Bonchev–Trinajstić information content (AvgIpc) is 3.23. The fourth-order valence-corrected chi connectivity index (χ4v) is 9.36. The first-order valence-electron chi connectivity index (χ1n) is 14.6. The third-order valence-electron chi connectivity index (χ3n) is 10.4. The molecule has 4 aliphatic carbocycles. The van der Waals surface area contributed by atoms with Crippen LogP contribution in [0, 0.1) is 51.2 Å². The molecule has 4 saturated carbocycles. The molecule has 2 aromatic carbocycles. The van der Waals surface area contributed by atoms with E-state index in [2.05, 4.69) is 23.1 Å². The van der Waals surface area contributed by atoms with Gasteiger partial charge in [-0.05, 0) is 99.5 Å². The highest BCUT2D eigenvalue weighted by molar-refractivity contribution is 5.97. The fraction of sp³-hybridized carbons (Fsp3) is 0.500. The van der Waals surface area contributed by atoms with E-state index >= 15 is 4.79 Å². The molecule has 0 spiro atoms. The first kappa shape index (κ1) is 24.5. The Morgan fingerprint density at radius 1 is 0.949 bits per heavy atom. The van der Waals surface area contributed by atoms with E-state index < -0.39 is 23.4 Å². The molecule has 39 heavy (non-hydrogen) atoms. The van der Waals surface area contributed by atoms with E-state index in [0.717, 1.165) is 41.8 Å². The van der Waals surface area contributed by atoms with E-state index in [1.807, 2.05) is 68.5 Å². The van der Waals surface area contributed by atoms with Crippen LogP contribution in [-0.4, -0.2) is 24.0 Å². The Morgan fingerprint density at radius 3 is 2.15 bits per heavy atom. The van der Waals surface area contributed by atoms with Crippen LogP contribution in [0.25, 0.3) is 6.08 Å². The molecule has 5 heteroatoms. The Kier molecular flexibility index (Phi) is 5.47. The molecule has 2 aliphatic heterocycles. The zero-order chi connectivity index (χ0) is 26.9. The number of rotatable bonds is 5. The van der Waals surface area contributed by atoms with Crippen molar-refractivity contribution in [2.75, 3.05) is 4.90 Å². The minimum absolute atomic E-state index is 0.0423. The van der Waals surface area contributed by atoms with E-state index in [4.69, 9.17) is 4.74 Å². The molecule has 1 saturated heterocycles. The molecule has 0 unspecified atom stereocenters. The SMILES string of the molecule is CC(C)Oc1ccc([C@@H]2[C@H](C(=O)C34CC5CC(CC(C5)C3)C4)N3c4ccccc4C=C[C@@H]3C2(C#N)C#N)cc1. The summed E-state index contributed by atoms with van der Waals surface area (Å²) in [6.07, 6.45) is 10.7. The van der Waals surface area contributed by atoms with Gasteiger partial charge in [-0.1, -0.05) is 42.5 Å². The van der Waals surface area contributed by atoms with Gasteiger partial charge in [0.1, 0.15) is 5.75 Å². The second-order valence-corrected chi connectivity index (χ2v) is 13.1. The molecule has 0 amide bonds. The number of hydrogen-bond donors (Lipinski definition) is 0. The number of nitrogens with zero attached hydrogens (tertiary/aromatic N) is 3. The molecule has 5 nitrogen and oxygen atoms in total. The average molecular weight is 518 g/mol. The first-order valence-corrected chi connectivity index (χ1v) is 14.6. The van der Waals surface area contributed by atoms with Crippen LogP contribution in [0.3, 0.4) is 0 Å². The number of nitriles is 2. The Bertz CT molecular complexity index is 1380. The third-order valence-corrected chi connectivity index (χ3v) is 10.4. The molecule has 3 atom stereocenters. The minimum Gasteiger partial charge on any atom is -0.491 e. The van der Waals surface area contributed by atoms with E-state index in [1.54, 1.807) is 0 Å². The maximum Gasteiger partial charge on any atom is 0.176 e. The second kappa shape index (κ2) is 8.72. The Hall–Kier alpha value is -3.57. The van der Waals surface area contributed by atoms with Gasteiger partial charge >= 0.3 is 0 Å². The number of para-hydroxylation sites is 1. The number of anilines is 1. The summed E-state index contributed by atoms with van der Waals surface area (Å²) >= 11 is 0. The largest absolute Gasteiger partial charge is 0.491 e. The van der Waals surface area contributed by atoms with Gasteiger partial charge in [-0.25, -0.2) is 0 Å². The predicted molar refractivity (Wildman–Crippen MR) is 150 cm³/mol. The van der Waals surface area contributed by atoms with Gasteiger partial charge in [0.2, 0.25) is 0 Å². The standard InChI is InChI=1S/C34H35N3O2/c1-21(2)39-27-10-7-26(8-11-27)30-31(32(38)33-16-22-13-23(17-33)15-24(14-22)18-33)37-28-6-4-3-5-25(28)9-12-29(37)34(30,19-35)20-36/h3-12,21-24,29-31H,13-18H2,1-2H3/t22?,23?,24?,29-,30-,31-,33?/m1/s1. The maximum absolute atomic E-state index is 15.2. The highest BCUT2D eigenvalue weighted by Gasteiger charge is 2.66. The monoisotopic (exact) mass is 517 g/mol. The summed E-state index contributed by atoms with van der Waals surface area (Å²) in [5, 5.41) is 21.5. The van der Waals surface area contributed by atoms with Gasteiger partial charge in [-0.3, -0.25) is 4.79 Å². The Labute approximate surface area is 231 Å². The van der Waals surface area contributed by atoms with Gasteiger partial charge in [0.25, 0.3) is 0 Å². The van der Waals surface area contributed by atoms with Crippen LogP contribution in [0.15, 0.2) is 54.6 Å². The number of ether oxygens (including phenoxy) is 1. The topological polar surface area (TPSA) is 77.1 Å². The highest BCUT2D eigenvalue weighted by atomic mass is 16.5. The summed E-state index contributed by atoms with van der Waals surface area (Å²) < 4.78 is 5.90. The number of ketones is 1. The van der Waals surface area contributed by atoms with Crippen molar-refractivity contribution < 1.29 is 9.53 Å². The summed E-state index contributed by atoms with van der Waals surface area (Å²) in [7, 11) is 0. The summed E-state index contributed by atoms with van der Waals surface area (Å²) in [6.45, 7) is 3.98. The number of benzene rings is 2. The summed E-state index contributed by atoms with van der Waals surface area (Å²) in [5.74, 6) is 2.34. The Morgan fingerprint density at radius 2 is 1.56 bits per heavy atom. The van der Waals surface area contributed by atoms with E-state index in [-0.39, 0.29) is 17.3 Å². The van der Waals surface area contributed by atoms with Crippen molar-refractivity contribution in [3.8, 4) is 17.9 Å². The van der Waals surface area contributed by atoms with Gasteiger partial charge in [-0.2, -0.15) is 10.5 Å². The summed E-state index contributed by atoms with van der Waals surface area (Å²) in [5.41, 5.74) is 1.10. The van der Waals surface area contributed by atoms with Gasteiger partial charge in [0.05, 0.1) is 30.3 Å². The predicted octanol–water partition coefficient (Wildman–Crippen LogP) is 6.66. The van der Waals surface area contributed by atoms with Crippen molar-refractivity contribution in [1.29, 1.82) is 10.5 Å².